The molecule has 0 unspecified atom stereocenters. The number of fused-ring (bicyclic) bond motifs is 1. The molecule has 2 heterocycles. The molecule has 0 aromatic heterocycles. The highest BCUT2D eigenvalue weighted by Gasteiger charge is 2.26. The molecule has 1 fully saturated rings. The third kappa shape index (κ3) is 4.88. The summed E-state index contributed by atoms with van der Waals surface area (Å²) in [6, 6.07) is 18.8. The number of rotatable bonds is 3. The number of ether oxygens (including phenoxy) is 1. The van der Waals surface area contributed by atoms with Gasteiger partial charge in [0, 0.05) is 42.5 Å². The summed E-state index contributed by atoms with van der Waals surface area (Å²) in [6.45, 7) is 7.04. The Labute approximate surface area is 209 Å². The lowest BCUT2D eigenvalue weighted by Gasteiger charge is -2.37. The van der Waals surface area contributed by atoms with Crippen molar-refractivity contribution in [1.82, 2.24) is 4.90 Å². The maximum absolute atomic E-state index is 13.2. The molecule has 3 aromatic rings. The third-order valence-corrected chi connectivity index (χ3v) is 6.57. The molecule has 3 aromatic carbocycles. The minimum absolute atomic E-state index is 0.0528. The van der Waals surface area contributed by atoms with Crippen LogP contribution < -0.4 is 15.0 Å². The first-order valence-electron chi connectivity index (χ1n) is 11.6. The maximum atomic E-state index is 13.2. The summed E-state index contributed by atoms with van der Waals surface area (Å²) in [7, 11) is 0. The average Bonchev–Trinajstić information content (AvgIpc) is 2.85. The number of piperazine rings is 1. The molecule has 0 saturated carbocycles. The van der Waals surface area contributed by atoms with Crippen LogP contribution in [0.25, 0.3) is 6.08 Å². The molecule has 0 bridgehead atoms. The molecule has 0 spiro atoms. The van der Waals surface area contributed by atoms with E-state index >= 15 is 0 Å². The molecule has 1 saturated heterocycles. The van der Waals surface area contributed by atoms with Crippen molar-refractivity contribution >= 4 is 40.9 Å². The van der Waals surface area contributed by atoms with Gasteiger partial charge in [-0.15, -0.1) is 0 Å². The van der Waals surface area contributed by atoms with Gasteiger partial charge in [0.1, 0.15) is 0 Å². The highest BCUT2D eigenvalue weighted by molar-refractivity contribution is 6.30. The number of aryl methyl sites for hydroxylation is 2. The van der Waals surface area contributed by atoms with E-state index < -0.39 is 0 Å². The van der Waals surface area contributed by atoms with Crippen molar-refractivity contribution in [2.75, 3.05) is 36.4 Å². The Morgan fingerprint density at radius 1 is 1.00 bits per heavy atom. The van der Waals surface area contributed by atoms with E-state index in [9.17, 15) is 9.59 Å². The minimum Gasteiger partial charge on any atom is -0.449 e. The predicted octanol–water partition coefficient (Wildman–Crippen LogP) is 5.29. The van der Waals surface area contributed by atoms with Crippen LogP contribution in [-0.4, -0.2) is 42.9 Å². The molecular formula is C28H26ClN3O3. The Kier molecular flexibility index (Phi) is 6.22. The second-order valence-electron chi connectivity index (χ2n) is 8.90. The third-order valence-electron chi connectivity index (χ3n) is 6.34. The number of amides is 2. The highest BCUT2D eigenvalue weighted by Crippen LogP contribution is 2.33. The van der Waals surface area contributed by atoms with Crippen LogP contribution in [-0.2, 0) is 4.79 Å². The standard InChI is InChI=1S/C28H26ClN3O3/c1-18-6-7-19(2)24(14-18)31-10-12-32(13-11-31)28(34)21-8-9-25-23(17-21)30-27(33)26(35-25)16-20-4-3-5-22(29)15-20/h3-9,14-17H,10-13H2,1-2H3,(H,30,33). The van der Waals surface area contributed by atoms with Crippen molar-refractivity contribution in [2.45, 2.75) is 13.8 Å². The Balaban J connectivity index is 1.28. The van der Waals surface area contributed by atoms with E-state index in [0.29, 0.717) is 35.1 Å². The van der Waals surface area contributed by atoms with Crippen molar-refractivity contribution in [3.05, 3.63) is 93.7 Å². The van der Waals surface area contributed by atoms with Gasteiger partial charge in [0.2, 0.25) is 0 Å². The van der Waals surface area contributed by atoms with Crippen molar-refractivity contribution < 1.29 is 14.3 Å². The summed E-state index contributed by atoms with van der Waals surface area (Å²) in [4.78, 5) is 30.0. The molecule has 0 aliphatic carbocycles. The molecule has 2 aliphatic rings. The van der Waals surface area contributed by atoms with Gasteiger partial charge in [-0.3, -0.25) is 9.59 Å². The summed E-state index contributed by atoms with van der Waals surface area (Å²) in [5.41, 5.74) is 5.47. The lowest BCUT2D eigenvalue weighted by molar-refractivity contribution is -0.115. The number of nitrogens with one attached hydrogen (secondary N) is 1. The number of halogens is 1. The maximum Gasteiger partial charge on any atom is 0.291 e. The molecule has 1 N–H and O–H groups in total. The topological polar surface area (TPSA) is 61.9 Å². The number of hydrogen-bond acceptors (Lipinski definition) is 4. The average molecular weight is 488 g/mol. The van der Waals surface area contributed by atoms with Gasteiger partial charge in [-0.2, -0.15) is 0 Å². The number of nitrogens with zero attached hydrogens (tertiary/aromatic N) is 2. The van der Waals surface area contributed by atoms with E-state index in [-0.39, 0.29) is 17.6 Å². The van der Waals surface area contributed by atoms with Gasteiger partial charge in [0.15, 0.2) is 11.5 Å². The molecule has 6 nitrogen and oxygen atoms in total. The zero-order chi connectivity index (χ0) is 24.5. The highest BCUT2D eigenvalue weighted by atomic mass is 35.5. The monoisotopic (exact) mass is 487 g/mol. The lowest BCUT2D eigenvalue weighted by atomic mass is 10.1. The van der Waals surface area contributed by atoms with Gasteiger partial charge < -0.3 is 19.9 Å². The van der Waals surface area contributed by atoms with E-state index in [0.717, 1.165) is 18.7 Å². The van der Waals surface area contributed by atoms with Crippen LogP contribution in [0.15, 0.2) is 66.4 Å². The molecule has 2 amide bonds. The first-order valence-corrected chi connectivity index (χ1v) is 12.0. The van der Waals surface area contributed by atoms with Crippen LogP contribution in [0.5, 0.6) is 5.75 Å². The fraction of sp³-hybridized carbons (Fsp3) is 0.214. The Bertz CT molecular complexity index is 1340. The summed E-state index contributed by atoms with van der Waals surface area (Å²) in [6.07, 6.45) is 1.64. The van der Waals surface area contributed by atoms with Crippen LogP contribution in [0.1, 0.15) is 27.0 Å². The Hall–Kier alpha value is -3.77. The molecule has 0 atom stereocenters. The smallest absolute Gasteiger partial charge is 0.291 e. The van der Waals surface area contributed by atoms with Crippen molar-refractivity contribution in [3.8, 4) is 5.75 Å². The van der Waals surface area contributed by atoms with E-state index in [1.807, 2.05) is 17.0 Å². The van der Waals surface area contributed by atoms with Crippen LogP contribution in [0.4, 0.5) is 11.4 Å². The number of anilines is 2. The molecule has 35 heavy (non-hydrogen) atoms. The normalized spacial score (nSPS) is 16.5. The number of carbonyl (C=O) groups is 2. The summed E-state index contributed by atoms with van der Waals surface area (Å²) < 4.78 is 5.83. The summed E-state index contributed by atoms with van der Waals surface area (Å²) >= 11 is 6.03. The molecule has 0 radical (unpaired) electrons. The second kappa shape index (κ2) is 9.47. The van der Waals surface area contributed by atoms with E-state index in [4.69, 9.17) is 16.3 Å². The second-order valence-corrected chi connectivity index (χ2v) is 9.34. The van der Waals surface area contributed by atoms with Gasteiger partial charge in [-0.05, 0) is 73.0 Å². The molecule has 7 heteroatoms. The van der Waals surface area contributed by atoms with Crippen LogP contribution in [0.3, 0.4) is 0 Å². The Morgan fingerprint density at radius 2 is 1.80 bits per heavy atom. The van der Waals surface area contributed by atoms with Gasteiger partial charge in [-0.1, -0.05) is 35.9 Å². The fourth-order valence-corrected chi connectivity index (χ4v) is 4.63. The van der Waals surface area contributed by atoms with Crippen molar-refractivity contribution in [1.29, 1.82) is 0 Å². The predicted molar refractivity (Wildman–Crippen MR) is 139 cm³/mol. The van der Waals surface area contributed by atoms with Gasteiger partial charge in [0.05, 0.1) is 5.69 Å². The van der Waals surface area contributed by atoms with Gasteiger partial charge in [-0.25, -0.2) is 0 Å². The van der Waals surface area contributed by atoms with E-state index in [1.165, 1.54) is 16.8 Å². The van der Waals surface area contributed by atoms with Crippen LogP contribution in [0, 0.1) is 13.8 Å². The Morgan fingerprint density at radius 3 is 2.57 bits per heavy atom. The number of benzene rings is 3. The summed E-state index contributed by atoms with van der Waals surface area (Å²) in [5, 5.41) is 3.42. The first-order chi connectivity index (χ1) is 16.9. The fourth-order valence-electron chi connectivity index (χ4n) is 4.43. The SMILES string of the molecule is Cc1ccc(C)c(N2CCN(C(=O)c3ccc4c(c3)NC(=O)C(=Cc3cccc(Cl)c3)O4)CC2)c1. The summed E-state index contributed by atoms with van der Waals surface area (Å²) in [5.74, 6) is 0.239. The van der Waals surface area contributed by atoms with E-state index in [1.54, 1.807) is 36.4 Å². The van der Waals surface area contributed by atoms with Crippen LogP contribution in [0.2, 0.25) is 5.02 Å². The van der Waals surface area contributed by atoms with Gasteiger partial charge in [0.25, 0.3) is 11.8 Å². The zero-order valence-electron chi connectivity index (χ0n) is 19.7. The molecule has 2 aliphatic heterocycles. The lowest BCUT2D eigenvalue weighted by Crippen LogP contribution is -2.49. The molecule has 5 rings (SSSR count). The van der Waals surface area contributed by atoms with Gasteiger partial charge >= 0.3 is 0 Å². The number of carbonyl (C=O) groups excluding carboxylic acids is 2. The first kappa shape index (κ1) is 23.0. The largest absolute Gasteiger partial charge is 0.449 e. The zero-order valence-corrected chi connectivity index (χ0v) is 20.4. The van der Waals surface area contributed by atoms with E-state index in [2.05, 4.69) is 42.3 Å². The van der Waals surface area contributed by atoms with Crippen LogP contribution >= 0.6 is 11.6 Å². The minimum atomic E-state index is -0.371. The quantitative estimate of drug-likeness (QED) is 0.510. The van der Waals surface area contributed by atoms with Crippen molar-refractivity contribution in [2.24, 2.45) is 0 Å². The van der Waals surface area contributed by atoms with Crippen molar-refractivity contribution in [3.63, 3.8) is 0 Å². The number of hydrogen-bond donors (Lipinski definition) is 1. The molecular weight excluding hydrogens is 462 g/mol. The molecule has 178 valence electrons.